The van der Waals surface area contributed by atoms with Crippen molar-refractivity contribution in [2.24, 2.45) is 10.4 Å². The minimum absolute atomic E-state index is 0. The van der Waals surface area contributed by atoms with Gasteiger partial charge in [-0.25, -0.2) is 4.99 Å². The summed E-state index contributed by atoms with van der Waals surface area (Å²) in [6.07, 6.45) is 4.20. The summed E-state index contributed by atoms with van der Waals surface area (Å²) in [6.45, 7) is 3.76. The molecule has 1 aliphatic heterocycles. The Hall–Kier alpha value is -1.10. The molecule has 0 radical (unpaired) electrons. The Kier molecular flexibility index (Phi) is 9.60. The van der Waals surface area contributed by atoms with Crippen molar-refractivity contribution in [2.45, 2.75) is 25.8 Å². The quantitative estimate of drug-likeness (QED) is 0.278. The van der Waals surface area contributed by atoms with Gasteiger partial charge in [-0.05, 0) is 36.4 Å². The number of furan rings is 1. The highest BCUT2D eigenvalue weighted by Gasteiger charge is 2.34. The molecule has 0 saturated carbocycles. The van der Waals surface area contributed by atoms with E-state index < -0.39 is 0 Å². The minimum atomic E-state index is -0.0128. The average molecular weight is 505 g/mol. The average Bonchev–Trinajstić information content (AvgIpc) is 3.40. The molecule has 0 aliphatic carbocycles. The number of rotatable bonds is 9. The second-order valence-electron chi connectivity index (χ2n) is 6.63. The zero-order chi connectivity index (χ0) is 18.1. The van der Waals surface area contributed by atoms with E-state index in [1.165, 1.54) is 4.88 Å². The molecule has 2 aromatic rings. The molecule has 8 heteroatoms. The lowest BCUT2D eigenvalue weighted by Crippen LogP contribution is -2.45. The number of aliphatic imine (C=N–C) groups is 1. The zero-order valence-corrected chi connectivity index (χ0v) is 18.5. The van der Waals surface area contributed by atoms with E-state index in [4.69, 9.17) is 14.1 Å². The summed E-state index contributed by atoms with van der Waals surface area (Å²) in [7, 11) is 0. The highest BCUT2D eigenvalue weighted by molar-refractivity contribution is 14.0. The topological polar surface area (TPSA) is 79.0 Å². The number of aliphatic hydroxyl groups excluding tert-OH is 1. The number of aliphatic hydroxyl groups is 1. The maximum atomic E-state index is 9.39. The fourth-order valence-corrected chi connectivity index (χ4v) is 3.70. The van der Waals surface area contributed by atoms with E-state index in [-0.39, 0.29) is 36.0 Å². The molecule has 1 fully saturated rings. The molecule has 1 unspecified atom stereocenters. The van der Waals surface area contributed by atoms with E-state index in [1.54, 1.807) is 17.6 Å². The van der Waals surface area contributed by atoms with Crippen LogP contribution in [0.3, 0.4) is 0 Å². The van der Waals surface area contributed by atoms with Crippen LogP contribution in [-0.2, 0) is 17.7 Å². The summed E-state index contributed by atoms with van der Waals surface area (Å²) < 4.78 is 11.0. The number of nitrogens with zero attached hydrogens (tertiary/aromatic N) is 1. The van der Waals surface area contributed by atoms with Gasteiger partial charge in [0, 0.05) is 43.0 Å². The van der Waals surface area contributed by atoms with Gasteiger partial charge in [0.25, 0.3) is 0 Å². The zero-order valence-electron chi connectivity index (χ0n) is 15.4. The van der Waals surface area contributed by atoms with Crippen LogP contribution in [0.4, 0.5) is 0 Å². The van der Waals surface area contributed by atoms with Gasteiger partial charge in [-0.1, -0.05) is 6.07 Å². The van der Waals surface area contributed by atoms with Gasteiger partial charge in [0.2, 0.25) is 0 Å². The Morgan fingerprint density at radius 1 is 1.30 bits per heavy atom. The first-order valence-electron chi connectivity index (χ1n) is 9.05. The van der Waals surface area contributed by atoms with Crippen molar-refractivity contribution in [3.05, 3.63) is 46.5 Å². The predicted molar refractivity (Wildman–Crippen MR) is 119 cm³/mol. The third-order valence-electron chi connectivity index (χ3n) is 4.67. The fourth-order valence-electron chi connectivity index (χ4n) is 3.08. The molecule has 1 saturated heterocycles. The van der Waals surface area contributed by atoms with E-state index in [1.807, 2.05) is 18.2 Å². The summed E-state index contributed by atoms with van der Waals surface area (Å²) in [6, 6.07) is 8.01. The Morgan fingerprint density at radius 3 is 2.89 bits per heavy atom. The molecule has 0 spiro atoms. The molecular weight excluding hydrogens is 477 g/mol. The highest BCUT2D eigenvalue weighted by atomic mass is 127. The van der Waals surface area contributed by atoms with Crippen molar-refractivity contribution in [3.63, 3.8) is 0 Å². The number of thiophene rings is 1. The fraction of sp³-hybridized carbons (Fsp3) is 0.526. The number of halogens is 1. The minimum Gasteiger partial charge on any atom is -0.469 e. The second-order valence-corrected chi connectivity index (χ2v) is 7.66. The molecule has 1 aliphatic rings. The SMILES string of the molecule is I.OCCC1(CNC(=NCc2cccs2)NCCc2ccco2)CCOC1. The van der Waals surface area contributed by atoms with Gasteiger partial charge in [-0.3, -0.25) is 0 Å². The normalized spacial score (nSPS) is 19.7. The second kappa shape index (κ2) is 11.7. The molecule has 0 aromatic carbocycles. The van der Waals surface area contributed by atoms with Gasteiger partial charge in [0.15, 0.2) is 5.96 Å². The van der Waals surface area contributed by atoms with Gasteiger partial charge in [0.1, 0.15) is 5.76 Å². The molecule has 2 aromatic heterocycles. The molecule has 0 amide bonds. The van der Waals surface area contributed by atoms with Gasteiger partial charge in [-0.2, -0.15) is 0 Å². The van der Waals surface area contributed by atoms with Crippen molar-refractivity contribution in [1.29, 1.82) is 0 Å². The lowest BCUT2D eigenvalue weighted by molar-refractivity contribution is 0.127. The van der Waals surface area contributed by atoms with E-state index in [2.05, 4.69) is 22.1 Å². The van der Waals surface area contributed by atoms with Crippen molar-refractivity contribution in [2.75, 3.05) is 32.9 Å². The Bertz CT molecular complexity index is 656. The smallest absolute Gasteiger partial charge is 0.191 e. The van der Waals surface area contributed by atoms with Crippen LogP contribution >= 0.6 is 35.3 Å². The van der Waals surface area contributed by atoms with Crippen molar-refractivity contribution < 1.29 is 14.3 Å². The monoisotopic (exact) mass is 505 g/mol. The first kappa shape index (κ1) is 22.2. The van der Waals surface area contributed by atoms with E-state index >= 15 is 0 Å². The number of nitrogens with one attached hydrogen (secondary N) is 2. The predicted octanol–water partition coefficient (Wildman–Crippen LogP) is 3.03. The van der Waals surface area contributed by atoms with Crippen molar-refractivity contribution in [3.8, 4) is 0 Å². The first-order valence-corrected chi connectivity index (χ1v) is 9.93. The molecule has 150 valence electrons. The van der Waals surface area contributed by atoms with E-state index in [0.29, 0.717) is 13.2 Å². The van der Waals surface area contributed by atoms with Crippen LogP contribution in [0.5, 0.6) is 0 Å². The highest BCUT2D eigenvalue weighted by Crippen LogP contribution is 2.31. The van der Waals surface area contributed by atoms with Crippen molar-refractivity contribution >= 4 is 41.3 Å². The molecule has 27 heavy (non-hydrogen) atoms. The number of hydrogen-bond acceptors (Lipinski definition) is 5. The van der Waals surface area contributed by atoms with E-state index in [0.717, 1.165) is 50.7 Å². The molecule has 6 nitrogen and oxygen atoms in total. The van der Waals surface area contributed by atoms with Crippen LogP contribution < -0.4 is 10.6 Å². The number of guanidine groups is 1. The van der Waals surface area contributed by atoms with Gasteiger partial charge < -0.3 is 24.9 Å². The summed E-state index contributed by atoms with van der Waals surface area (Å²) in [5.74, 6) is 1.74. The Morgan fingerprint density at radius 2 is 2.22 bits per heavy atom. The maximum absolute atomic E-state index is 9.39. The van der Waals surface area contributed by atoms with Crippen LogP contribution in [0.15, 0.2) is 45.3 Å². The molecule has 3 heterocycles. The maximum Gasteiger partial charge on any atom is 0.191 e. The van der Waals surface area contributed by atoms with Crippen LogP contribution in [0.1, 0.15) is 23.5 Å². The molecule has 3 N–H and O–H groups in total. The van der Waals surface area contributed by atoms with Crippen molar-refractivity contribution in [1.82, 2.24) is 10.6 Å². The number of hydrogen-bond donors (Lipinski definition) is 3. The molecule has 1 atom stereocenters. The molecule has 0 bridgehead atoms. The third kappa shape index (κ3) is 7.10. The van der Waals surface area contributed by atoms with Gasteiger partial charge in [-0.15, -0.1) is 35.3 Å². The third-order valence-corrected chi connectivity index (χ3v) is 5.54. The molecule has 3 rings (SSSR count). The van der Waals surface area contributed by atoms with Crippen LogP contribution in [0, 0.1) is 5.41 Å². The van der Waals surface area contributed by atoms with E-state index in [9.17, 15) is 5.11 Å². The van der Waals surface area contributed by atoms with Gasteiger partial charge >= 0.3 is 0 Å². The van der Waals surface area contributed by atoms with Gasteiger partial charge in [0.05, 0.1) is 19.4 Å². The first-order chi connectivity index (χ1) is 12.8. The number of ether oxygens (including phenoxy) is 1. The summed E-state index contributed by atoms with van der Waals surface area (Å²) in [5, 5.41) is 18.3. The summed E-state index contributed by atoms with van der Waals surface area (Å²) >= 11 is 1.71. The Balaban J connectivity index is 0.00000261. The standard InChI is InChI=1S/C19H27N3O3S.HI/c23-9-6-19(7-11-24-15-19)14-22-18(21-13-17-4-2-12-26-17)20-8-5-16-3-1-10-25-16;/h1-4,10,12,23H,5-9,11,13-15H2,(H2,20,21,22);1H. The summed E-state index contributed by atoms with van der Waals surface area (Å²) in [5.41, 5.74) is -0.0128. The van der Waals surface area contributed by atoms with Crippen LogP contribution in [-0.4, -0.2) is 44.0 Å². The Labute approximate surface area is 181 Å². The lowest BCUT2D eigenvalue weighted by atomic mass is 9.84. The largest absolute Gasteiger partial charge is 0.469 e. The lowest BCUT2D eigenvalue weighted by Gasteiger charge is -2.27. The summed E-state index contributed by atoms with van der Waals surface area (Å²) in [4.78, 5) is 5.94. The van der Waals surface area contributed by atoms with Crippen LogP contribution in [0.2, 0.25) is 0 Å². The molecular formula is C19H28IN3O3S. The van der Waals surface area contributed by atoms with Crippen LogP contribution in [0.25, 0.3) is 0 Å².